The molecule has 0 saturated carbocycles. The van der Waals surface area contributed by atoms with Crippen LogP contribution in [0.5, 0.6) is 0 Å². The molecule has 16 heavy (non-hydrogen) atoms. The molecule has 1 aliphatic carbocycles. The summed E-state index contributed by atoms with van der Waals surface area (Å²) in [4.78, 5) is 11.7. The number of aryl methyl sites for hydroxylation is 1. The van der Waals surface area contributed by atoms with Crippen molar-refractivity contribution in [2.24, 2.45) is 0 Å². The van der Waals surface area contributed by atoms with Crippen LogP contribution in [0.3, 0.4) is 0 Å². The van der Waals surface area contributed by atoms with Crippen LogP contribution in [0.15, 0.2) is 0 Å². The van der Waals surface area contributed by atoms with E-state index in [-0.39, 0.29) is 5.97 Å². The van der Waals surface area contributed by atoms with E-state index in [2.05, 4.69) is 12.0 Å². The second-order valence-electron chi connectivity index (χ2n) is 4.02. The fourth-order valence-corrected chi connectivity index (χ4v) is 2.30. The maximum Gasteiger partial charge on any atom is 0.359 e. The Balaban J connectivity index is 2.38. The van der Waals surface area contributed by atoms with E-state index < -0.39 is 0 Å². The summed E-state index contributed by atoms with van der Waals surface area (Å²) in [7, 11) is 0. The molecule has 0 bridgehead atoms. The van der Waals surface area contributed by atoms with E-state index in [1.807, 2.05) is 11.6 Å². The van der Waals surface area contributed by atoms with Crippen molar-refractivity contribution in [2.45, 2.75) is 46.1 Å². The molecule has 88 valence electrons. The summed E-state index contributed by atoms with van der Waals surface area (Å²) < 4.78 is 6.98. The van der Waals surface area contributed by atoms with Gasteiger partial charge in [0.05, 0.1) is 6.61 Å². The van der Waals surface area contributed by atoms with E-state index in [0.29, 0.717) is 12.3 Å². The van der Waals surface area contributed by atoms with Crippen molar-refractivity contribution >= 4 is 5.97 Å². The average Bonchev–Trinajstić information content (AvgIpc) is 2.68. The minimum absolute atomic E-state index is 0.271. The van der Waals surface area contributed by atoms with Gasteiger partial charge in [-0.1, -0.05) is 0 Å². The van der Waals surface area contributed by atoms with Gasteiger partial charge >= 0.3 is 5.97 Å². The van der Waals surface area contributed by atoms with Crippen molar-refractivity contribution in [3.63, 3.8) is 0 Å². The fourth-order valence-electron chi connectivity index (χ4n) is 2.30. The fraction of sp³-hybridized carbons (Fsp3) is 0.667. The van der Waals surface area contributed by atoms with Crippen LogP contribution < -0.4 is 0 Å². The standard InChI is InChI=1S/C12H18N2O2/c1-3-14-10-8-6-5-7-9(10)11(13-14)12(15)16-4-2/h3-8H2,1-2H3. The van der Waals surface area contributed by atoms with Gasteiger partial charge in [0.1, 0.15) is 0 Å². The molecule has 0 N–H and O–H groups in total. The molecule has 1 heterocycles. The molecule has 0 spiro atoms. The van der Waals surface area contributed by atoms with Crippen molar-refractivity contribution in [1.29, 1.82) is 0 Å². The number of carbonyl (C=O) groups excluding carboxylic acids is 1. The first-order valence-electron chi connectivity index (χ1n) is 6.03. The Morgan fingerprint density at radius 3 is 2.81 bits per heavy atom. The van der Waals surface area contributed by atoms with Crippen LogP contribution in [0.1, 0.15) is 48.4 Å². The zero-order valence-electron chi connectivity index (χ0n) is 9.95. The molecule has 4 heteroatoms. The molecule has 0 fully saturated rings. The van der Waals surface area contributed by atoms with Crippen LogP contribution in [-0.2, 0) is 24.1 Å². The molecule has 1 aliphatic rings. The Bertz CT molecular complexity index is 396. The Hall–Kier alpha value is -1.32. The van der Waals surface area contributed by atoms with E-state index in [9.17, 15) is 4.79 Å². The minimum Gasteiger partial charge on any atom is -0.461 e. The monoisotopic (exact) mass is 222 g/mol. The number of aromatic nitrogens is 2. The number of hydrogen-bond acceptors (Lipinski definition) is 3. The summed E-state index contributed by atoms with van der Waals surface area (Å²) in [5.74, 6) is -0.271. The van der Waals surface area contributed by atoms with Crippen LogP contribution >= 0.6 is 0 Å². The topological polar surface area (TPSA) is 44.1 Å². The Kier molecular flexibility index (Phi) is 3.27. The molecule has 0 aromatic carbocycles. The number of nitrogens with zero attached hydrogens (tertiary/aromatic N) is 2. The predicted octanol–water partition coefficient (Wildman–Crippen LogP) is 1.96. The third-order valence-electron chi connectivity index (χ3n) is 3.03. The first kappa shape index (κ1) is 11.2. The molecule has 2 rings (SSSR count). The highest BCUT2D eigenvalue weighted by atomic mass is 16.5. The first-order chi connectivity index (χ1) is 7.77. The Labute approximate surface area is 95.6 Å². The largest absolute Gasteiger partial charge is 0.461 e. The summed E-state index contributed by atoms with van der Waals surface area (Å²) in [5.41, 5.74) is 2.89. The van der Waals surface area contributed by atoms with Gasteiger partial charge in [-0.2, -0.15) is 5.10 Å². The lowest BCUT2D eigenvalue weighted by Crippen LogP contribution is -2.10. The van der Waals surface area contributed by atoms with Gasteiger partial charge in [-0.3, -0.25) is 4.68 Å². The van der Waals surface area contributed by atoms with Gasteiger partial charge in [-0.15, -0.1) is 0 Å². The van der Waals surface area contributed by atoms with Gasteiger partial charge < -0.3 is 4.74 Å². The molecule has 0 amide bonds. The zero-order chi connectivity index (χ0) is 11.5. The van der Waals surface area contributed by atoms with Crippen LogP contribution in [0, 0.1) is 0 Å². The summed E-state index contributed by atoms with van der Waals surface area (Å²) in [6.07, 6.45) is 4.34. The quantitative estimate of drug-likeness (QED) is 0.734. The van der Waals surface area contributed by atoms with Gasteiger partial charge in [-0.05, 0) is 39.5 Å². The highest BCUT2D eigenvalue weighted by Crippen LogP contribution is 2.24. The minimum atomic E-state index is -0.271. The first-order valence-corrected chi connectivity index (χ1v) is 6.03. The molecular weight excluding hydrogens is 204 g/mol. The third kappa shape index (κ3) is 1.84. The van der Waals surface area contributed by atoms with Gasteiger partial charge in [0.15, 0.2) is 5.69 Å². The number of esters is 1. The van der Waals surface area contributed by atoms with Crippen molar-refractivity contribution in [2.75, 3.05) is 6.61 Å². The molecule has 0 radical (unpaired) electrons. The van der Waals surface area contributed by atoms with E-state index in [1.165, 1.54) is 12.1 Å². The van der Waals surface area contributed by atoms with Crippen LogP contribution in [0.25, 0.3) is 0 Å². The molecule has 0 atom stereocenters. The number of fused-ring (bicyclic) bond motifs is 1. The smallest absolute Gasteiger partial charge is 0.359 e. The van der Waals surface area contributed by atoms with E-state index in [4.69, 9.17) is 4.74 Å². The lowest BCUT2D eigenvalue weighted by atomic mass is 9.96. The van der Waals surface area contributed by atoms with E-state index in [1.54, 1.807) is 0 Å². The van der Waals surface area contributed by atoms with Gasteiger partial charge in [-0.25, -0.2) is 4.79 Å². The van der Waals surface area contributed by atoms with Crippen molar-refractivity contribution in [1.82, 2.24) is 9.78 Å². The highest BCUT2D eigenvalue weighted by molar-refractivity contribution is 5.89. The molecule has 0 unspecified atom stereocenters. The molecule has 4 nitrogen and oxygen atoms in total. The van der Waals surface area contributed by atoms with Crippen molar-refractivity contribution in [3.8, 4) is 0 Å². The maximum atomic E-state index is 11.7. The second kappa shape index (κ2) is 4.68. The Morgan fingerprint density at radius 1 is 1.38 bits per heavy atom. The maximum absolute atomic E-state index is 11.7. The Morgan fingerprint density at radius 2 is 2.12 bits per heavy atom. The molecular formula is C12H18N2O2. The van der Waals surface area contributed by atoms with Crippen molar-refractivity contribution < 1.29 is 9.53 Å². The lowest BCUT2D eigenvalue weighted by Gasteiger charge is -2.13. The highest BCUT2D eigenvalue weighted by Gasteiger charge is 2.24. The molecule has 1 aromatic rings. The summed E-state index contributed by atoms with van der Waals surface area (Å²) in [6, 6.07) is 0. The summed E-state index contributed by atoms with van der Waals surface area (Å²) in [5, 5.41) is 4.37. The normalized spacial score (nSPS) is 14.6. The number of hydrogen-bond donors (Lipinski definition) is 0. The average molecular weight is 222 g/mol. The SMILES string of the molecule is CCOC(=O)c1nn(CC)c2c1CCCC2. The van der Waals surface area contributed by atoms with Gasteiger partial charge in [0.25, 0.3) is 0 Å². The second-order valence-corrected chi connectivity index (χ2v) is 4.02. The van der Waals surface area contributed by atoms with Gasteiger partial charge in [0.2, 0.25) is 0 Å². The van der Waals surface area contributed by atoms with Crippen molar-refractivity contribution in [3.05, 3.63) is 17.0 Å². The number of rotatable bonds is 3. The van der Waals surface area contributed by atoms with E-state index >= 15 is 0 Å². The molecule has 0 saturated heterocycles. The van der Waals surface area contributed by atoms with E-state index in [0.717, 1.165) is 31.4 Å². The zero-order valence-corrected chi connectivity index (χ0v) is 9.95. The third-order valence-corrected chi connectivity index (χ3v) is 3.03. The van der Waals surface area contributed by atoms with Crippen LogP contribution in [-0.4, -0.2) is 22.4 Å². The van der Waals surface area contributed by atoms with Gasteiger partial charge in [0, 0.05) is 17.8 Å². The summed E-state index contributed by atoms with van der Waals surface area (Å²) >= 11 is 0. The number of ether oxygens (including phenoxy) is 1. The molecule has 0 aliphatic heterocycles. The summed E-state index contributed by atoms with van der Waals surface area (Å²) in [6.45, 7) is 5.10. The van der Waals surface area contributed by atoms with Crippen LogP contribution in [0.4, 0.5) is 0 Å². The molecule has 1 aromatic heterocycles. The van der Waals surface area contributed by atoms with Crippen LogP contribution in [0.2, 0.25) is 0 Å². The lowest BCUT2D eigenvalue weighted by molar-refractivity contribution is 0.0517. The predicted molar refractivity (Wildman–Crippen MR) is 60.5 cm³/mol. The number of carbonyl (C=O) groups is 1.